The Morgan fingerprint density at radius 3 is 2.48 bits per heavy atom. The van der Waals surface area contributed by atoms with Crippen LogP contribution >= 0.6 is 0 Å². The second-order valence-corrected chi connectivity index (χ2v) is 5.10. The minimum atomic E-state index is -1.02. The smallest absolute Gasteiger partial charge is 0.290 e. The van der Waals surface area contributed by atoms with Crippen molar-refractivity contribution in [1.82, 2.24) is 4.90 Å². The summed E-state index contributed by atoms with van der Waals surface area (Å²) in [6, 6.07) is 4.78. The monoisotopic (exact) mass is 323 g/mol. The van der Waals surface area contributed by atoms with Crippen LogP contribution in [0.2, 0.25) is 0 Å². The van der Waals surface area contributed by atoms with Crippen molar-refractivity contribution < 1.29 is 28.6 Å². The number of methoxy groups -OCH3 is 2. The first-order chi connectivity index (χ1) is 10.9. The van der Waals surface area contributed by atoms with Crippen molar-refractivity contribution in [3.05, 3.63) is 47.0 Å². The fraction of sp³-hybridized carbons (Fsp3) is 0.375. The summed E-state index contributed by atoms with van der Waals surface area (Å²) in [4.78, 5) is 25.4. The first kappa shape index (κ1) is 17.1. The second-order valence-electron chi connectivity index (χ2n) is 5.10. The van der Waals surface area contributed by atoms with Crippen LogP contribution in [0.1, 0.15) is 18.5 Å². The van der Waals surface area contributed by atoms with Crippen LogP contribution in [0.5, 0.6) is 0 Å². The molecule has 1 aromatic carbocycles. The first-order valence-corrected chi connectivity index (χ1v) is 6.97. The van der Waals surface area contributed by atoms with Crippen LogP contribution in [0.4, 0.5) is 4.39 Å². The summed E-state index contributed by atoms with van der Waals surface area (Å²) < 4.78 is 24.3. The number of hydrogen-bond donors (Lipinski definition) is 1. The van der Waals surface area contributed by atoms with E-state index in [1.807, 2.05) is 0 Å². The number of nitrogens with zero attached hydrogens (tertiary/aromatic N) is 1. The average Bonchev–Trinajstić information content (AvgIpc) is 2.77. The molecule has 0 aliphatic carbocycles. The molecule has 0 fully saturated rings. The third-order valence-corrected chi connectivity index (χ3v) is 3.75. The van der Waals surface area contributed by atoms with Gasteiger partial charge in [0.1, 0.15) is 5.82 Å². The Bertz CT molecular complexity index is 654. The van der Waals surface area contributed by atoms with Gasteiger partial charge in [0.05, 0.1) is 18.2 Å². The van der Waals surface area contributed by atoms with E-state index in [1.165, 1.54) is 44.2 Å². The van der Waals surface area contributed by atoms with Crippen molar-refractivity contribution in [1.29, 1.82) is 0 Å². The Morgan fingerprint density at radius 1 is 1.35 bits per heavy atom. The molecule has 1 aromatic rings. The minimum Gasteiger partial charge on any atom is -0.503 e. The van der Waals surface area contributed by atoms with Gasteiger partial charge in [0, 0.05) is 19.8 Å². The van der Waals surface area contributed by atoms with Gasteiger partial charge in [-0.25, -0.2) is 4.39 Å². The topological polar surface area (TPSA) is 76.1 Å². The van der Waals surface area contributed by atoms with E-state index in [0.29, 0.717) is 0 Å². The molecule has 0 saturated heterocycles. The lowest BCUT2D eigenvalue weighted by Gasteiger charge is -2.29. The third kappa shape index (κ3) is 3.11. The van der Waals surface area contributed by atoms with Crippen LogP contribution in [0.15, 0.2) is 35.6 Å². The van der Waals surface area contributed by atoms with E-state index >= 15 is 0 Å². The summed E-state index contributed by atoms with van der Waals surface area (Å²) in [5.74, 6) is -2.51. The lowest BCUT2D eigenvalue weighted by atomic mass is 9.96. The molecule has 0 spiro atoms. The summed E-state index contributed by atoms with van der Waals surface area (Å²) in [6.07, 6.45) is -0.771. The Hall–Kier alpha value is -2.25. The number of carbonyl (C=O) groups excluding carboxylic acids is 2. The number of halogens is 1. The lowest BCUT2D eigenvalue weighted by molar-refractivity contribution is -0.144. The van der Waals surface area contributed by atoms with Gasteiger partial charge in [-0.1, -0.05) is 18.2 Å². The highest BCUT2D eigenvalue weighted by atomic mass is 19.1. The molecule has 1 heterocycles. The van der Waals surface area contributed by atoms with Crippen LogP contribution in [-0.4, -0.2) is 48.8 Å². The van der Waals surface area contributed by atoms with Crippen molar-refractivity contribution >= 4 is 11.7 Å². The van der Waals surface area contributed by atoms with Crippen molar-refractivity contribution in [3.8, 4) is 0 Å². The number of amides is 1. The number of benzene rings is 1. The van der Waals surface area contributed by atoms with Crippen molar-refractivity contribution in [2.75, 3.05) is 20.8 Å². The van der Waals surface area contributed by atoms with Crippen LogP contribution in [0, 0.1) is 5.82 Å². The summed E-state index contributed by atoms with van der Waals surface area (Å²) in [7, 11) is 2.79. The molecule has 0 saturated carbocycles. The number of Topliss-reactive ketones (excluding diaryl/α,β-unsaturated/α-hetero) is 1. The normalized spacial score (nSPS) is 18.2. The molecule has 0 aromatic heterocycles. The molecule has 1 unspecified atom stereocenters. The van der Waals surface area contributed by atoms with E-state index in [1.54, 1.807) is 6.07 Å². The van der Waals surface area contributed by atoms with E-state index in [4.69, 9.17) is 9.47 Å². The van der Waals surface area contributed by atoms with Gasteiger partial charge in [-0.15, -0.1) is 0 Å². The molecule has 0 bridgehead atoms. The average molecular weight is 323 g/mol. The van der Waals surface area contributed by atoms with Gasteiger partial charge in [-0.3, -0.25) is 9.59 Å². The fourth-order valence-electron chi connectivity index (χ4n) is 2.63. The highest BCUT2D eigenvalue weighted by molar-refractivity contribution is 6.08. The number of aliphatic hydroxyl groups is 1. The maximum Gasteiger partial charge on any atom is 0.290 e. The fourth-order valence-corrected chi connectivity index (χ4v) is 2.63. The molecule has 1 amide bonds. The van der Waals surface area contributed by atoms with Crippen LogP contribution in [0.3, 0.4) is 0 Å². The SMILES string of the molecule is COC(CN1C(=O)C(O)=C(C(C)=O)C1c1ccccc1F)OC. The number of hydrogen-bond acceptors (Lipinski definition) is 5. The quantitative estimate of drug-likeness (QED) is 0.807. The third-order valence-electron chi connectivity index (χ3n) is 3.75. The van der Waals surface area contributed by atoms with Gasteiger partial charge in [-0.05, 0) is 13.0 Å². The Balaban J connectivity index is 2.51. The zero-order valence-electron chi connectivity index (χ0n) is 13.1. The molecular formula is C16H18FNO5. The van der Waals surface area contributed by atoms with E-state index in [0.717, 1.165) is 0 Å². The second kappa shape index (κ2) is 6.89. The summed E-state index contributed by atoms with van der Waals surface area (Å²) in [5.41, 5.74) is -0.00730. The number of aliphatic hydroxyl groups excluding tert-OH is 1. The van der Waals surface area contributed by atoms with Crippen LogP contribution in [-0.2, 0) is 19.1 Å². The highest BCUT2D eigenvalue weighted by Crippen LogP contribution is 2.38. The van der Waals surface area contributed by atoms with Crippen LogP contribution < -0.4 is 0 Å². The zero-order chi connectivity index (χ0) is 17.1. The number of rotatable bonds is 6. The molecule has 6 nitrogen and oxygen atoms in total. The lowest BCUT2D eigenvalue weighted by Crippen LogP contribution is -2.39. The van der Waals surface area contributed by atoms with Crippen LogP contribution in [0.25, 0.3) is 0 Å². The number of ketones is 1. The molecular weight excluding hydrogens is 305 g/mol. The number of ether oxygens (including phenoxy) is 2. The largest absolute Gasteiger partial charge is 0.503 e. The highest BCUT2D eigenvalue weighted by Gasteiger charge is 2.44. The van der Waals surface area contributed by atoms with Gasteiger partial charge in [0.2, 0.25) is 0 Å². The molecule has 1 aliphatic rings. The van der Waals surface area contributed by atoms with E-state index in [2.05, 4.69) is 0 Å². The molecule has 0 radical (unpaired) electrons. The van der Waals surface area contributed by atoms with Gasteiger partial charge >= 0.3 is 0 Å². The van der Waals surface area contributed by atoms with Crippen molar-refractivity contribution in [2.45, 2.75) is 19.3 Å². The minimum absolute atomic E-state index is 0.0638. The molecule has 2 rings (SSSR count). The molecule has 1 N–H and O–H groups in total. The summed E-state index contributed by atoms with van der Waals surface area (Å²) in [6.45, 7) is 1.16. The predicted molar refractivity (Wildman–Crippen MR) is 79.0 cm³/mol. The van der Waals surface area contributed by atoms with Gasteiger partial charge in [-0.2, -0.15) is 0 Å². The molecule has 1 atom stereocenters. The molecule has 23 heavy (non-hydrogen) atoms. The maximum absolute atomic E-state index is 14.2. The summed E-state index contributed by atoms with van der Waals surface area (Å²) >= 11 is 0. The maximum atomic E-state index is 14.2. The summed E-state index contributed by atoms with van der Waals surface area (Å²) in [5, 5.41) is 10.0. The molecule has 7 heteroatoms. The van der Waals surface area contributed by atoms with Crippen molar-refractivity contribution in [3.63, 3.8) is 0 Å². The Morgan fingerprint density at radius 2 is 1.96 bits per heavy atom. The van der Waals surface area contributed by atoms with E-state index in [9.17, 15) is 19.1 Å². The van der Waals surface area contributed by atoms with Gasteiger partial charge in [0.25, 0.3) is 5.91 Å². The first-order valence-electron chi connectivity index (χ1n) is 6.97. The Kier molecular flexibility index (Phi) is 5.12. The Labute approximate surface area is 133 Å². The zero-order valence-corrected chi connectivity index (χ0v) is 13.1. The van der Waals surface area contributed by atoms with Gasteiger partial charge in [0.15, 0.2) is 17.8 Å². The molecule has 1 aliphatic heterocycles. The van der Waals surface area contributed by atoms with Gasteiger partial charge < -0.3 is 19.5 Å². The standard InChI is InChI=1S/C16H18FNO5/c1-9(19)13-14(10-6-4-5-7-11(10)17)18(16(21)15(13)20)8-12(22-2)23-3/h4-7,12,14,20H,8H2,1-3H3. The predicted octanol–water partition coefficient (Wildman–Crippen LogP) is 1.73. The van der Waals surface area contributed by atoms with E-state index in [-0.39, 0.29) is 17.7 Å². The van der Waals surface area contributed by atoms with E-state index < -0.39 is 35.6 Å². The number of carbonyl (C=O) groups is 2. The van der Waals surface area contributed by atoms with Crippen molar-refractivity contribution in [2.24, 2.45) is 0 Å². The molecule has 124 valence electrons.